The largest absolute Gasteiger partial charge is 0.243 e. The van der Waals surface area contributed by atoms with Crippen molar-refractivity contribution in [3.63, 3.8) is 0 Å². The summed E-state index contributed by atoms with van der Waals surface area (Å²) in [5.41, 5.74) is 3.02. The van der Waals surface area contributed by atoms with Crippen LogP contribution in [0.2, 0.25) is 0 Å². The van der Waals surface area contributed by atoms with Crippen LogP contribution in [0, 0.1) is 0 Å². The summed E-state index contributed by atoms with van der Waals surface area (Å²) in [6, 6.07) is 6.17. The summed E-state index contributed by atoms with van der Waals surface area (Å²) in [4.78, 5) is 0. The molecule has 80 valence electrons. The van der Waals surface area contributed by atoms with E-state index >= 15 is 0 Å². The van der Waals surface area contributed by atoms with E-state index in [1.807, 2.05) is 6.07 Å². The number of rotatable bonds is 4. The molecular weight excluding hydrogens is 188 g/mol. The molecule has 1 heterocycles. The van der Waals surface area contributed by atoms with E-state index in [0.717, 1.165) is 11.0 Å². The van der Waals surface area contributed by atoms with E-state index in [0.29, 0.717) is 5.92 Å². The Morgan fingerprint density at radius 3 is 2.87 bits per heavy atom. The first kappa shape index (κ1) is 10.1. The number of nitrogens with zero attached hydrogens (tertiary/aromatic N) is 2. The number of hydrogen-bond donors (Lipinski definition) is 0. The molecule has 0 fully saturated rings. The summed E-state index contributed by atoms with van der Waals surface area (Å²) in [6.07, 6.45) is 3.75. The van der Waals surface area contributed by atoms with E-state index in [1.54, 1.807) is 0 Å². The third-order valence-corrected chi connectivity index (χ3v) is 2.84. The second kappa shape index (κ2) is 4.43. The molecule has 3 heteroatoms. The molecule has 0 aliphatic heterocycles. The van der Waals surface area contributed by atoms with E-state index in [2.05, 4.69) is 40.9 Å². The van der Waals surface area contributed by atoms with Gasteiger partial charge in [-0.3, -0.25) is 0 Å². The van der Waals surface area contributed by atoms with Crippen LogP contribution in [0.5, 0.6) is 0 Å². The number of benzene rings is 1. The smallest absolute Gasteiger partial charge is 0.135 e. The van der Waals surface area contributed by atoms with Gasteiger partial charge in [-0.25, -0.2) is 4.63 Å². The van der Waals surface area contributed by atoms with Crippen molar-refractivity contribution in [3.05, 3.63) is 23.8 Å². The molecule has 1 unspecified atom stereocenters. The summed E-state index contributed by atoms with van der Waals surface area (Å²) < 4.78 is 4.68. The quantitative estimate of drug-likeness (QED) is 0.764. The average molecular weight is 204 g/mol. The van der Waals surface area contributed by atoms with Gasteiger partial charge in [0, 0.05) is 0 Å². The zero-order valence-electron chi connectivity index (χ0n) is 9.23. The molecule has 0 aliphatic carbocycles. The topological polar surface area (TPSA) is 38.9 Å². The fourth-order valence-electron chi connectivity index (χ4n) is 1.78. The predicted molar refractivity (Wildman–Crippen MR) is 59.7 cm³/mol. The van der Waals surface area contributed by atoms with Gasteiger partial charge in [0.1, 0.15) is 11.0 Å². The summed E-state index contributed by atoms with van der Waals surface area (Å²) in [6.45, 7) is 4.47. The monoisotopic (exact) mass is 204 g/mol. The lowest BCUT2D eigenvalue weighted by molar-refractivity contribution is 0.315. The number of aromatic nitrogens is 2. The highest BCUT2D eigenvalue weighted by Gasteiger charge is 2.07. The lowest BCUT2D eigenvalue weighted by Crippen LogP contribution is -1.93. The molecule has 1 aromatic heterocycles. The van der Waals surface area contributed by atoms with Crippen molar-refractivity contribution in [2.75, 3.05) is 0 Å². The van der Waals surface area contributed by atoms with Gasteiger partial charge >= 0.3 is 0 Å². The van der Waals surface area contributed by atoms with E-state index in [1.165, 1.54) is 24.8 Å². The van der Waals surface area contributed by atoms with Crippen LogP contribution < -0.4 is 0 Å². The highest BCUT2D eigenvalue weighted by atomic mass is 16.6. The van der Waals surface area contributed by atoms with Crippen molar-refractivity contribution in [2.24, 2.45) is 0 Å². The van der Waals surface area contributed by atoms with Crippen molar-refractivity contribution < 1.29 is 4.63 Å². The molecule has 1 aromatic carbocycles. The van der Waals surface area contributed by atoms with Crippen molar-refractivity contribution in [3.8, 4) is 0 Å². The zero-order valence-corrected chi connectivity index (χ0v) is 9.23. The minimum atomic E-state index is 0.589. The van der Waals surface area contributed by atoms with Crippen molar-refractivity contribution >= 4 is 11.0 Å². The van der Waals surface area contributed by atoms with Crippen molar-refractivity contribution in [1.29, 1.82) is 0 Å². The first-order valence-electron chi connectivity index (χ1n) is 5.53. The molecule has 15 heavy (non-hydrogen) atoms. The van der Waals surface area contributed by atoms with E-state index < -0.39 is 0 Å². The van der Waals surface area contributed by atoms with Gasteiger partial charge in [0.15, 0.2) is 0 Å². The first-order chi connectivity index (χ1) is 7.31. The van der Waals surface area contributed by atoms with Gasteiger partial charge in [-0.15, -0.1) is 0 Å². The lowest BCUT2D eigenvalue weighted by atomic mass is 9.95. The second-order valence-corrected chi connectivity index (χ2v) is 4.06. The maximum absolute atomic E-state index is 4.68. The summed E-state index contributed by atoms with van der Waals surface area (Å²) in [5, 5.41) is 7.65. The molecular formula is C12H16N2O. The highest BCUT2D eigenvalue weighted by molar-refractivity contribution is 5.73. The fourth-order valence-corrected chi connectivity index (χ4v) is 1.78. The molecule has 0 amide bonds. The van der Waals surface area contributed by atoms with Gasteiger partial charge in [0.25, 0.3) is 0 Å². The molecule has 0 bridgehead atoms. The zero-order chi connectivity index (χ0) is 10.7. The third kappa shape index (κ3) is 2.17. The Balaban J connectivity index is 2.19. The Morgan fingerprint density at radius 1 is 1.27 bits per heavy atom. The molecule has 2 rings (SSSR count). The van der Waals surface area contributed by atoms with Crippen LogP contribution in [-0.2, 0) is 0 Å². The summed E-state index contributed by atoms with van der Waals surface area (Å²) in [7, 11) is 0. The number of fused-ring (bicyclic) bond motifs is 1. The maximum atomic E-state index is 4.68. The van der Waals surface area contributed by atoms with Gasteiger partial charge in [-0.05, 0) is 40.3 Å². The Kier molecular flexibility index (Phi) is 2.99. The van der Waals surface area contributed by atoms with E-state index in [4.69, 9.17) is 0 Å². The Morgan fingerprint density at radius 2 is 2.07 bits per heavy atom. The maximum Gasteiger partial charge on any atom is 0.135 e. The molecule has 0 saturated heterocycles. The lowest BCUT2D eigenvalue weighted by Gasteiger charge is -2.10. The van der Waals surface area contributed by atoms with Gasteiger partial charge in [0.05, 0.1) is 0 Å². The minimum Gasteiger partial charge on any atom is -0.243 e. The standard InChI is InChI=1S/C12H16N2O/c1-3-4-5-9(2)10-6-7-11-12(8-10)14-15-13-11/h6-9H,3-5H2,1-2H3. The molecule has 2 aromatic rings. The van der Waals surface area contributed by atoms with Crippen LogP contribution in [0.3, 0.4) is 0 Å². The van der Waals surface area contributed by atoms with E-state index in [9.17, 15) is 0 Å². The van der Waals surface area contributed by atoms with Crippen molar-refractivity contribution in [2.45, 2.75) is 39.0 Å². The van der Waals surface area contributed by atoms with Crippen molar-refractivity contribution in [1.82, 2.24) is 10.3 Å². The number of hydrogen-bond acceptors (Lipinski definition) is 3. The predicted octanol–water partition coefficient (Wildman–Crippen LogP) is 3.52. The molecule has 0 aliphatic rings. The Bertz CT molecular complexity index is 436. The van der Waals surface area contributed by atoms with Gasteiger partial charge in [-0.1, -0.05) is 32.8 Å². The molecule has 0 radical (unpaired) electrons. The highest BCUT2D eigenvalue weighted by Crippen LogP contribution is 2.23. The number of unbranched alkanes of at least 4 members (excludes halogenated alkanes) is 1. The van der Waals surface area contributed by atoms with Crippen LogP contribution >= 0.6 is 0 Å². The average Bonchev–Trinajstić information content (AvgIpc) is 2.72. The Labute approximate surface area is 89.4 Å². The van der Waals surface area contributed by atoms with Crippen LogP contribution in [0.1, 0.15) is 44.6 Å². The minimum absolute atomic E-state index is 0.589. The fraction of sp³-hybridized carbons (Fsp3) is 0.500. The van der Waals surface area contributed by atoms with Gasteiger partial charge < -0.3 is 0 Å². The van der Waals surface area contributed by atoms with Crippen LogP contribution in [-0.4, -0.2) is 10.3 Å². The molecule has 3 nitrogen and oxygen atoms in total. The van der Waals surface area contributed by atoms with Crippen LogP contribution in [0.15, 0.2) is 22.8 Å². The first-order valence-corrected chi connectivity index (χ1v) is 5.53. The summed E-state index contributed by atoms with van der Waals surface area (Å²) in [5.74, 6) is 0.589. The van der Waals surface area contributed by atoms with Crippen LogP contribution in [0.4, 0.5) is 0 Å². The SMILES string of the molecule is CCCCC(C)c1ccc2nonc2c1. The second-order valence-electron chi connectivity index (χ2n) is 4.06. The molecule has 0 spiro atoms. The van der Waals surface area contributed by atoms with Gasteiger partial charge in [-0.2, -0.15) is 0 Å². The van der Waals surface area contributed by atoms with Gasteiger partial charge in [0.2, 0.25) is 0 Å². The normalized spacial score (nSPS) is 13.2. The summed E-state index contributed by atoms with van der Waals surface area (Å²) >= 11 is 0. The van der Waals surface area contributed by atoms with E-state index in [-0.39, 0.29) is 0 Å². The molecule has 1 atom stereocenters. The van der Waals surface area contributed by atoms with Crippen LogP contribution in [0.25, 0.3) is 11.0 Å². The Hall–Kier alpha value is -1.38. The third-order valence-electron chi connectivity index (χ3n) is 2.84. The molecule has 0 N–H and O–H groups in total. The molecule has 0 saturated carbocycles.